The van der Waals surface area contributed by atoms with Crippen LogP contribution in [0.3, 0.4) is 0 Å². The van der Waals surface area contributed by atoms with Crippen LogP contribution in [0.5, 0.6) is 5.75 Å². The van der Waals surface area contributed by atoms with Gasteiger partial charge in [0.2, 0.25) is 0 Å². The summed E-state index contributed by atoms with van der Waals surface area (Å²) in [6.07, 6.45) is 43.3. The molecule has 5 atom stereocenters. The van der Waals surface area contributed by atoms with E-state index in [2.05, 4.69) is 100 Å². The quantitative estimate of drug-likeness (QED) is 0.0938. The van der Waals surface area contributed by atoms with E-state index in [0.29, 0.717) is 30.1 Å². The largest absolute Gasteiger partial charge is 6.00 e. The zero-order valence-corrected chi connectivity index (χ0v) is 38.8. The fourth-order valence-corrected chi connectivity index (χ4v) is 9.23. The van der Waals surface area contributed by atoms with Gasteiger partial charge in [-0.2, -0.15) is 24.0 Å². The maximum absolute atomic E-state index is 5.92. The summed E-state index contributed by atoms with van der Waals surface area (Å²) in [5.74, 6) is 1.32. The zero-order chi connectivity index (χ0) is 40.7. The van der Waals surface area contributed by atoms with Gasteiger partial charge >= 0.3 is 19.5 Å². The third-order valence-corrected chi connectivity index (χ3v) is 12.7. The van der Waals surface area contributed by atoms with Gasteiger partial charge in [-0.25, -0.2) is 0 Å². The molecule has 8 nitrogen and oxygen atoms in total. The van der Waals surface area contributed by atoms with Gasteiger partial charge in [-0.05, 0) is 37.0 Å². The van der Waals surface area contributed by atoms with Crippen LogP contribution >= 0.6 is 0 Å². The second kappa shape index (κ2) is 28.1. The molecule has 0 N–H and O–H groups in total. The third kappa shape index (κ3) is 16.2. The van der Waals surface area contributed by atoms with E-state index in [9.17, 15) is 0 Å². The number of hydrogen-bond acceptors (Lipinski definition) is 2. The fourth-order valence-electron chi connectivity index (χ4n) is 9.23. The third-order valence-electron chi connectivity index (χ3n) is 12.7. The summed E-state index contributed by atoms with van der Waals surface area (Å²) in [6, 6.07) is 10.4. The molecule has 6 heterocycles. The molecule has 0 spiro atoms. The molecule has 1 aliphatic carbocycles. The number of hydrogen-bond donors (Lipinski definition) is 0. The number of unbranched alkanes of at least 4 members (excludes halogenated alkanes) is 8. The number of nitrogens with zero attached hydrogens (tertiary/aromatic N) is 7. The Morgan fingerprint density at radius 3 is 2.02 bits per heavy atom. The average Bonchev–Trinajstić information content (AvgIpc) is 3.31. The van der Waals surface area contributed by atoms with Gasteiger partial charge in [0.1, 0.15) is 5.75 Å². The van der Waals surface area contributed by atoms with Gasteiger partial charge < -0.3 is 41.5 Å². The standard InChI is InChI=1S/C31H41N3O.C10H18N2.C10H16N2.Ru/c1-34(2)27-16-12-17-28(24-27)35-23-11-9-7-5-3-4-6-8-10-14-25-20-22-33-31-29(25)19-18-26-15-13-21-32-30(26)31;2*1-3-7-11-9(5-1)10-6-2-4-8-12-10;/h12-13,15-21,24,29H,3-11,14,22-23H2,1-2H3;9-10H,1-8H2;1,5,9-10H,2-4,6-8H2;/q3*-2;+6. The van der Waals surface area contributed by atoms with Crippen molar-refractivity contribution in [3.05, 3.63) is 127 Å². The number of ether oxygens (including phenoxy) is 1. The Morgan fingerprint density at radius 1 is 0.717 bits per heavy atom. The Balaban J connectivity index is 0.000000220. The molecule has 6 aliphatic heterocycles. The number of fused-ring (bicyclic) bond motifs is 2. The molecule has 3 saturated heterocycles. The summed E-state index contributed by atoms with van der Waals surface area (Å²) in [5.41, 5.74) is 6.18. The molecule has 7 aliphatic rings. The zero-order valence-electron chi connectivity index (χ0n) is 37.1. The van der Waals surface area contributed by atoms with E-state index >= 15 is 0 Å². The maximum Gasteiger partial charge on any atom is 6.00 e. The van der Waals surface area contributed by atoms with Crippen LogP contribution in [-0.4, -0.2) is 77.6 Å². The van der Waals surface area contributed by atoms with Crippen LogP contribution in [0.25, 0.3) is 31.9 Å². The second-order valence-corrected chi connectivity index (χ2v) is 17.5. The summed E-state index contributed by atoms with van der Waals surface area (Å²) in [6.45, 7) is 5.88. The molecule has 9 heteroatoms. The van der Waals surface area contributed by atoms with Crippen molar-refractivity contribution in [2.75, 3.05) is 58.3 Å². The Hall–Kier alpha value is -2.68. The first kappa shape index (κ1) is 48.4. The summed E-state index contributed by atoms with van der Waals surface area (Å²) >= 11 is 0. The smallest absolute Gasteiger partial charge is 0.685 e. The molecule has 0 radical (unpaired) electrons. The topological polar surface area (TPSA) is 97.1 Å². The number of benzene rings is 1. The average molecular weight is 903 g/mol. The molecule has 8 rings (SSSR count). The van der Waals surface area contributed by atoms with Crippen molar-refractivity contribution in [1.29, 1.82) is 0 Å². The van der Waals surface area contributed by atoms with E-state index < -0.39 is 0 Å². The minimum Gasteiger partial charge on any atom is -0.685 e. The monoisotopic (exact) mass is 904 g/mol. The van der Waals surface area contributed by atoms with Crippen LogP contribution < -0.4 is 9.64 Å². The fraction of sp³-hybridized carbons (Fsp3) is 0.647. The van der Waals surface area contributed by atoms with Crippen molar-refractivity contribution in [1.82, 2.24) is 0 Å². The molecule has 5 unspecified atom stereocenters. The molecule has 3 fully saturated rings. The van der Waals surface area contributed by atoms with E-state index in [0.717, 1.165) is 63.6 Å². The SMILES string of the molecule is C1=CC(C2CCCC[N-]2)[N-]CC1.C1CCC(C2CCCC[N-]2)[N-]C1.CN(C)c1cccc(OCCCCCCCCCCCC2=CC[N-]C3=C4[N-]C=CC=C4C=CC23)c1.[Ru+6]. The van der Waals surface area contributed by atoms with E-state index in [-0.39, 0.29) is 19.5 Å². The van der Waals surface area contributed by atoms with E-state index in [1.54, 1.807) is 5.57 Å². The normalized spacial score (nSPS) is 25.5. The van der Waals surface area contributed by atoms with E-state index in [4.69, 9.17) is 10.1 Å². The molecule has 0 amide bonds. The molecule has 60 heavy (non-hydrogen) atoms. The van der Waals surface area contributed by atoms with E-state index in [1.165, 1.54) is 133 Å². The van der Waals surface area contributed by atoms with Gasteiger partial charge in [0.15, 0.2) is 0 Å². The minimum atomic E-state index is 0. The number of allylic oxidation sites excluding steroid dienone is 4. The molecule has 1 aromatic rings. The molecule has 0 aromatic heterocycles. The van der Waals surface area contributed by atoms with Gasteiger partial charge in [0, 0.05) is 31.8 Å². The van der Waals surface area contributed by atoms with Crippen molar-refractivity contribution in [2.45, 2.75) is 153 Å². The Kier molecular flexibility index (Phi) is 22.6. The van der Waals surface area contributed by atoms with Gasteiger partial charge in [-0.1, -0.05) is 151 Å². The van der Waals surface area contributed by atoms with Crippen LogP contribution in [-0.2, 0) is 19.5 Å². The summed E-state index contributed by atoms with van der Waals surface area (Å²) in [5, 5.41) is 27.9. The Bertz CT molecular complexity index is 1530. The van der Waals surface area contributed by atoms with Crippen LogP contribution in [0.4, 0.5) is 5.69 Å². The molecule has 0 bridgehead atoms. The van der Waals surface area contributed by atoms with Crippen LogP contribution in [0.1, 0.15) is 128 Å². The predicted molar refractivity (Wildman–Crippen MR) is 252 cm³/mol. The van der Waals surface area contributed by atoms with Crippen molar-refractivity contribution in [2.24, 2.45) is 5.92 Å². The van der Waals surface area contributed by atoms with Gasteiger partial charge in [0.05, 0.1) is 6.61 Å². The number of rotatable bonds is 16. The van der Waals surface area contributed by atoms with Crippen molar-refractivity contribution in [3.63, 3.8) is 0 Å². The minimum absolute atomic E-state index is 0. The van der Waals surface area contributed by atoms with Crippen LogP contribution in [0, 0.1) is 5.92 Å². The van der Waals surface area contributed by atoms with Gasteiger partial charge in [-0.3, -0.25) is 0 Å². The summed E-state index contributed by atoms with van der Waals surface area (Å²) in [7, 11) is 4.12. The van der Waals surface area contributed by atoms with Crippen LogP contribution in [0.15, 0.2) is 95.5 Å². The Labute approximate surface area is 378 Å². The van der Waals surface area contributed by atoms with Gasteiger partial charge in [-0.15, -0.1) is 62.7 Å². The molecule has 1 aromatic carbocycles. The first-order valence-electron chi connectivity index (χ1n) is 23.8. The number of piperidine rings is 3. The summed E-state index contributed by atoms with van der Waals surface area (Å²) < 4.78 is 5.92. The Morgan fingerprint density at radius 2 is 1.38 bits per heavy atom. The molecule has 0 saturated carbocycles. The molecular weight excluding hydrogens is 828 g/mol. The van der Waals surface area contributed by atoms with Crippen molar-refractivity contribution in [3.8, 4) is 5.75 Å². The summed E-state index contributed by atoms with van der Waals surface area (Å²) in [4.78, 5) is 2.11. The second-order valence-electron chi connectivity index (χ2n) is 17.5. The van der Waals surface area contributed by atoms with Crippen molar-refractivity contribution < 1.29 is 24.2 Å². The van der Waals surface area contributed by atoms with Gasteiger partial charge in [0.25, 0.3) is 0 Å². The van der Waals surface area contributed by atoms with E-state index in [1.807, 2.05) is 18.3 Å². The molecular formula is C51H75N7ORu. The first-order chi connectivity index (χ1) is 29.2. The van der Waals surface area contributed by atoms with Crippen molar-refractivity contribution >= 4 is 5.69 Å². The predicted octanol–water partition coefficient (Wildman–Crippen LogP) is 14.0. The number of anilines is 1. The van der Waals surface area contributed by atoms with Crippen LogP contribution in [0.2, 0.25) is 0 Å². The maximum atomic E-state index is 5.92. The first-order valence-corrected chi connectivity index (χ1v) is 23.8. The molecule has 328 valence electrons.